The molecule has 0 saturated carbocycles. The Hall–Kier alpha value is -1.81. The summed E-state index contributed by atoms with van der Waals surface area (Å²) in [5, 5.41) is 6.72. The molecule has 1 aromatic heterocycles. The average Bonchev–Trinajstić information content (AvgIpc) is 2.97. The molecule has 0 bridgehead atoms. The van der Waals surface area contributed by atoms with Crippen LogP contribution in [0.5, 0.6) is 0 Å². The van der Waals surface area contributed by atoms with Crippen LogP contribution in [0, 0.1) is 0 Å². The lowest BCUT2D eigenvalue weighted by Gasteiger charge is -2.08. The Bertz CT molecular complexity index is 1010. The van der Waals surface area contributed by atoms with Crippen LogP contribution < -0.4 is 10.6 Å². The van der Waals surface area contributed by atoms with E-state index >= 15 is 0 Å². The second-order valence-corrected chi connectivity index (χ2v) is 8.52. The number of carbonyl (C=O) groups excluding carboxylic acids is 1. The number of alkyl halides is 3. The van der Waals surface area contributed by atoms with Crippen molar-refractivity contribution in [3.05, 3.63) is 67.4 Å². The zero-order valence-electron chi connectivity index (χ0n) is 13.6. The highest BCUT2D eigenvalue weighted by Gasteiger charge is 2.30. The fourth-order valence-corrected chi connectivity index (χ4v) is 3.94. The molecule has 0 atom stereocenters. The summed E-state index contributed by atoms with van der Waals surface area (Å²) in [4.78, 5) is 16.5. The Morgan fingerprint density at radius 3 is 2.25 bits per heavy atom. The minimum absolute atomic E-state index is 0.0663. The number of amides is 1. The summed E-state index contributed by atoms with van der Waals surface area (Å²) in [5.74, 6) is -0.386. The molecule has 0 unspecified atom stereocenters. The van der Waals surface area contributed by atoms with Crippen LogP contribution in [0.1, 0.15) is 15.9 Å². The van der Waals surface area contributed by atoms with Gasteiger partial charge in [-0.2, -0.15) is 13.2 Å². The summed E-state index contributed by atoms with van der Waals surface area (Å²) in [6.45, 7) is 0. The van der Waals surface area contributed by atoms with Crippen LogP contribution >= 0.6 is 50.5 Å². The Morgan fingerprint density at radius 2 is 1.68 bits per heavy atom. The van der Waals surface area contributed by atoms with Gasteiger partial charge in [0.1, 0.15) is 3.79 Å². The summed E-state index contributed by atoms with van der Waals surface area (Å²) < 4.78 is 38.4. The van der Waals surface area contributed by atoms with E-state index in [4.69, 9.17) is 23.2 Å². The van der Waals surface area contributed by atoms with Gasteiger partial charge in [-0.3, -0.25) is 4.79 Å². The van der Waals surface area contributed by atoms with Crippen molar-refractivity contribution in [3.63, 3.8) is 0 Å². The van der Waals surface area contributed by atoms with Gasteiger partial charge in [-0.15, -0.1) is 0 Å². The van der Waals surface area contributed by atoms with E-state index in [0.29, 0.717) is 24.7 Å². The fourth-order valence-electron chi connectivity index (χ4n) is 2.15. The largest absolute Gasteiger partial charge is 0.416 e. The molecule has 11 heteroatoms. The summed E-state index contributed by atoms with van der Waals surface area (Å²) >= 11 is 16.7. The predicted octanol–water partition coefficient (Wildman–Crippen LogP) is 7.23. The monoisotopic (exact) mass is 509 g/mol. The molecule has 3 rings (SSSR count). The topological polar surface area (TPSA) is 54.0 Å². The second-order valence-electron chi connectivity index (χ2n) is 5.39. The molecule has 2 aromatic carbocycles. The van der Waals surface area contributed by atoms with E-state index in [1.54, 1.807) is 18.2 Å². The van der Waals surface area contributed by atoms with Gasteiger partial charge in [0.25, 0.3) is 5.91 Å². The molecule has 1 heterocycles. The molecular formula is C17H9BrCl2F3N3OS. The summed E-state index contributed by atoms with van der Waals surface area (Å²) in [5.41, 5.74) is -0.300. The molecule has 0 spiro atoms. The van der Waals surface area contributed by atoms with Crippen molar-refractivity contribution in [3.8, 4) is 0 Å². The molecule has 146 valence electrons. The van der Waals surface area contributed by atoms with Crippen molar-refractivity contribution >= 4 is 73.0 Å². The first-order valence-electron chi connectivity index (χ1n) is 7.51. The van der Waals surface area contributed by atoms with Crippen molar-refractivity contribution in [2.45, 2.75) is 6.18 Å². The van der Waals surface area contributed by atoms with Gasteiger partial charge in [0.05, 0.1) is 21.3 Å². The number of benzene rings is 2. The molecule has 0 aliphatic carbocycles. The lowest BCUT2D eigenvalue weighted by atomic mass is 10.1. The van der Waals surface area contributed by atoms with Gasteiger partial charge in [0.15, 0.2) is 10.9 Å². The van der Waals surface area contributed by atoms with Crippen molar-refractivity contribution in [1.82, 2.24) is 4.98 Å². The first-order valence-corrected chi connectivity index (χ1v) is 9.87. The number of hydrogen-bond acceptors (Lipinski definition) is 4. The van der Waals surface area contributed by atoms with E-state index < -0.39 is 17.6 Å². The molecule has 0 saturated heterocycles. The van der Waals surface area contributed by atoms with Gasteiger partial charge >= 0.3 is 6.18 Å². The fraction of sp³-hybridized carbons (Fsp3) is 0.0588. The number of nitrogens with one attached hydrogen (secondary N) is 2. The maximum absolute atomic E-state index is 12.6. The molecule has 3 aromatic rings. The van der Waals surface area contributed by atoms with Gasteiger partial charge in [-0.25, -0.2) is 4.98 Å². The van der Waals surface area contributed by atoms with Gasteiger partial charge < -0.3 is 10.6 Å². The average molecular weight is 511 g/mol. The van der Waals surface area contributed by atoms with Crippen LogP contribution in [0.25, 0.3) is 0 Å². The van der Waals surface area contributed by atoms with Gasteiger partial charge in [-0.1, -0.05) is 40.6 Å². The van der Waals surface area contributed by atoms with Crippen LogP contribution in [0.3, 0.4) is 0 Å². The number of nitrogens with zero attached hydrogens (tertiary/aromatic N) is 1. The van der Waals surface area contributed by atoms with Crippen molar-refractivity contribution < 1.29 is 18.0 Å². The third kappa shape index (κ3) is 4.78. The minimum Gasteiger partial charge on any atom is -0.329 e. The summed E-state index contributed by atoms with van der Waals surface area (Å²) in [6.07, 6.45) is -4.46. The molecule has 2 N–H and O–H groups in total. The van der Waals surface area contributed by atoms with E-state index in [9.17, 15) is 18.0 Å². The Balaban J connectivity index is 1.75. The maximum Gasteiger partial charge on any atom is 0.416 e. The van der Waals surface area contributed by atoms with E-state index in [2.05, 4.69) is 31.5 Å². The molecular weight excluding hydrogens is 502 g/mol. The number of halogens is 6. The van der Waals surface area contributed by atoms with E-state index in [0.717, 1.165) is 24.3 Å². The first-order chi connectivity index (χ1) is 13.1. The van der Waals surface area contributed by atoms with E-state index in [-0.39, 0.29) is 11.4 Å². The van der Waals surface area contributed by atoms with Crippen LogP contribution in [-0.4, -0.2) is 10.9 Å². The van der Waals surface area contributed by atoms with E-state index in [1.807, 2.05) is 0 Å². The van der Waals surface area contributed by atoms with Crippen molar-refractivity contribution in [2.24, 2.45) is 0 Å². The van der Waals surface area contributed by atoms with Crippen LogP contribution in [0.4, 0.5) is 29.8 Å². The molecule has 1 amide bonds. The van der Waals surface area contributed by atoms with Crippen molar-refractivity contribution in [1.29, 1.82) is 0 Å². The number of rotatable bonds is 4. The normalized spacial score (nSPS) is 11.4. The zero-order chi connectivity index (χ0) is 20.5. The SMILES string of the molecule is O=C(Nc1nc(Nc2c(Cl)cccc2Cl)sc1Br)c1ccc(C(F)(F)F)cc1. The quantitative estimate of drug-likeness (QED) is 0.389. The number of hydrogen-bond donors (Lipinski definition) is 2. The molecule has 0 fully saturated rings. The highest BCUT2D eigenvalue weighted by Crippen LogP contribution is 2.38. The Labute approximate surface area is 179 Å². The number of para-hydroxylation sites is 1. The molecule has 4 nitrogen and oxygen atoms in total. The number of anilines is 3. The minimum atomic E-state index is -4.46. The van der Waals surface area contributed by atoms with Crippen molar-refractivity contribution in [2.75, 3.05) is 10.6 Å². The van der Waals surface area contributed by atoms with Crippen LogP contribution in [-0.2, 0) is 6.18 Å². The number of carbonyl (C=O) groups is 1. The van der Waals surface area contributed by atoms with Gasteiger partial charge in [0, 0.05) is 5.56 Å². The zero-order valence-corrected chi connectivity index (χ0v) is 17.5. The standard InChI is InChI=1S/C17H9BrCl2F3N3OS/c18-13-14(25-15(27)8-4-6-9(7-5-8)17(21,22)23)26-16(28-13)24-12-10(19)2-1-3-11(12)20/h1-7H,(H,24,26)(H,25,27). The lowest BCUT2D eigenvalue weighted by molar-refractivity contribution is -0.137. The highest BCUT2D eigenvalue weighted by atomic mass is 79.9. The van der Waals surface area contributed by atoms with Gasteiger partial charge in [-0.05, 0) is 52.3 Å². The third-order valence-corrected chi connectivity index (χ3v) is 5.74. The maximum atomic E-state index is 12.6. The molecule has 28 heavy (non-hydrogen) atoms. The van der Waals surface area contributed by atoms with E-state index in [1.165, 1.54) is 11.3 Å². The third-order valence-electron chi connectivity index (χ3n) is 3.49. The Kier molecular flexibility index (Phi) is 6.18. The highest BCUT2D eigenvalue weighted by molar-refractivity contribution is 9.11. The van der Waals surface area contributed by atoms with Gasteiger partial charge in [0.2, 0.25) is 0 Å². The number of thiazole rings is 1. The summed E-state index contributed by atoms with van der Waals surface area (Å²) in [7, 11) is 0. The molecule has 0 aliphatic rings. The number of aromatic nitrogens is 1. The second kappa shape index (κ2) is 8.28. The van der Waals surface area contributed by atoms with Crippen LogP contribution in [0.2, 0.25) is 10.0 Å². The molecule has 0 aliphatic heterocycles. The lowest BCUT2D eigenvalue weighted by Crippen LogP contribution is -2.13. The predicted molar refractivity (Wildman–Crippen MR) is 109 cm³/mol. The first kappa shape index (κ1) is 20.9. The summed E-state index contributed by atoms with van der Waals surface area (Å²) in [6, 6.07) is 8.90. The Morgan fingerprint density at radius 1 is 1.07 bits per heavy atom. The smallest absolute Gasteiger partial charge is 0.329 e. The van der Waals surface area contributed by atoms with Crippen LogP contribution in [0.15, 0.2) is 46.3 Å². The molecule has 0 radical (unpaired) electrons.